The van der Waals surface area contributed by atoms with Crippen LogP contribution in [0.3, 0.4) is 0 Å². The number of amides is 1. The third kappa shape index (κ3) is 5.77. The summed E-state index contributed by atoms with van der Waals surface area (Å²) < 4.78 is 6.38. The number of hydrogen-bond donors (Lipinski definition) is 1. The van der Waals surface area contributed by atoms with Crippen molar-refractivity contribution in [3.8, 4) is 22.5 Å². The first-order chi connectivity index (χ1) is 17.8. The zero-order valence-corrected chi connectivity index (χ0v) is 21.6. The molecule has 9 heteroatoms. The van der Waals surface area contributed by atoms with Crippen LogP contribution in [-0.2, 0) is 24.2 Å². The van der Waals surface area contributed by atoms with Gasteiger partial charge in [-0.3, -0.25) is 23.7 Å². The molecule has 0 aliphatic carbocycles. The van der Waals surface area contributed by atoms with Crippen molar-refractivity contribution in [3.63, 3.8) is 0 Å². The van der Waals surface area contributed by atoms with Crippen LogP contribution in [0.15, 0.2) is 62.6 Å². The molecule has 2 aromatic heterocycles. The molecule has 0 atom stereocenters. The van der Waals surface area contributed by atoms with Gasteiger partial charge >= 0.3 is 5.76 Å². The van der Waals surface area contributed by atoms with Crippen LogP contribution in [0.5, 0.6) is 0 Å². The van der Waals surface area contributed by atoms with Gasteiger partial charge in [0.15, 0.2) is 5.82 Å². The molecule has 0 spiro atoms. The highest BCUT2D eigenvalue weighted by atomic mass is 16.5. The molecule has 0 fully saturated rings. The lowest BCUT2D eigenvalue weighted by atomic mass is 9.98. The highest BCUT2D eigenvalue weighted by Gasteiger charge is 2.18. The maximum Gasteiger partial charge on any atom is 0.439 e. The fraction of sp³-hybridized carbons (Fsp3) is 0.321. The number of carbonyl (C=O) groups excluding carboxylic acids is 1. The van der Waals surface area contributed by atoms with Crippen molar-refractivity contribution >= 4 is 5.91 Å². The fourth-order valence-corrected chi connectivity index (χ4v) is 4.22. The number of H-pyrrole nitrogens is 1. The lowest BCUT2D eigenvalue weighted by Crippen LogP contribution is -2.33. The van der Waals surface area contributed by atoms with Gasteiger partial charge in [-0.1, -0.05) is 67.0 Å². The van der Waals surface area contributed by atoms with Gasteiger partial charge in [-0.25, -0.2) is 9.78 Å². The molecule has 0 saturated carbocycles. The number of benzene rings is 2. The number of hydrogen-bond acceptors (Lipinski definition) is 6. The normalized spacial score (nSPS) is 11.0. The van der Waals surface area contributed by atoms with E-state index in [1.165, 1.54) is 4.90 Å². The second-order valence-corrected chi connectivity index (χ2v) is 9.24. The van der Waals surface area contributed by atoms with Crippen molar-refractivity contribution in [2.75, 3.05) is 14.1 Å². The standard InChI is InChI=1S/C28H31N5O4/c1-5-6-11-24-29-18(2)23(16-25(34)32(3)4)27(35)33(24)17-19-12-14-20(15-13-19)21-9-7-8-10-22(21)26-30-28(36)37-31-26/h7-10,12-15H,5-6,11,16-17H2,1-4H3,(H,30,31,36). The molecule has 4 aromatic rings. The van der Waals surface area contributed by atoms with E-state index < -0.39 is 5.76 Å². The molecule has 2 aromatic carbocycles. The molecule has 0 radical (unpaired) electrons. The first kappa shape index (κ1) is 25.8. The van der Waals surface area contributed by atoms with Crippen LogP contribution in [0.1, 0.15) is 42.4 Å². The minimum absolute atomic E-state index is 0.0264. The van der Waals surface area contributed by atoms with Crippen LogP contribution in [0, 0.1) is 6.92 Å². The van der Waals surface area contributed by atoms with Gasteiger partial charge in [-0.15, -0.1) is 0 Å². The Morgan fingerprint density at radius 1 is 1.05 bits per heavy atom. The van der Waals surface area contributed by atoms with Crippen LogP contribution in [0.25, 0.3) is 22.5 Å². The molecule has 1 N–H and O–H groups in total. The van der Waals surface area contributed by atoms with Crippen molar-refractivity contribution in [2.24, 2.45) is 0 Å². The summed E-state index contributed by atoms with van der Waals surface area (Å²) >= 11 is 0. The average Bonchev–Trinajstić information content (AvgIpc) is 3.33. The summed E-state index contributed by atoms with van der Waals surface area (Å²) in [6, 6.07) is 15.5. The SMILES string of the molecule is CCCCc1nc(C)c(CC(=O)N(C)C)c(=O)n1Cc1ccc(-c2ccccc2-c2noc(=O)[nH]2)cc1. The number of nitrogens with zero attached hydrogens (tertiary/aromatic N) is 4. The molecule has 0 aliphatic rings. The molecule has 37 heavy (non-hydrogen) atoms. The average molecular weight is 502 g/mol. The molecular weight excluding hydrogens is 470 g/mol. The number of carbonyl (C=O) groups is 1. The molecule has 4 rings (SSSR count). The summed E-state index contributed by atoms with van der Waals surface area (Å²) in [6.45, 7) is 4.26. The maximum atomic E-state index is 13.5. The quantitative estimate of drug-likeness (QED) is 0.375. The number of aromatic amines is 1. The van der Waals surface area contributed by atoms with E-state index in [0.29, 0.717) is 30.0 Å². The third-order valence-corrected chi connectivity index (χ3v) is 6.36. The van der Waals surface area contributed by atoms with Crippen LogP contribution < -0.4 is 11.3 Å². The Morgan fingerprint density at radius 3 is 2.38 bits per heavy atom. The molecule has 9 nitrogen and oxygen atoms in total. The summed E-state index contributed by atoms with van der Waals surface area (Å²) in [5.74, 6) is 0.353. The van der Waals surface area contributed by atoms with Gasteiger partial charge in [-0.2, -0.15) is 0 Å². The number of likely N-dealkylation sites (N-methyl/N-ethyl adjacent to an activating group) is 1. The third-order valence-electron chi connectivity index (χ3n) is 6.36. The Morgan fingerprint density at radius 2 is 1.76 bits per heavy atom. The molecule has 0 unspecified atom stereocenters. The molecule has 1 amide bonds. The van der Waals surface area contributed by atoms with Gasteiger partial charge in [0.05, 0.1) is 13.0 Å². The van der Waals surface area contributed by atoms with E-state index in [2.05, 4.69) is 21.6 Å². The van der Waals surface area contributed by atoms with Crippen LogP contribution in [-0.4, -0.2) is 44.6 Å². The number of nitrogens with one attached hydrogen (secondary N) is 1. The van der Waals surface area contributed by atoms with E-state index in [1.807, 2.05) is 48.5 Å². The summed E-state index contributed by atoms with van der Waals surface area (Å²) in [7, 11) is 3.36. The van der Waals surface area contributed by atoms with Crippen LogP contribution in [0.2, 0.25) is 0 Å². The second-order valence-electron chi connectivity index (χ2n) is 9.24. The second kappa shape index (κ2) is 11.2. The van der Waals surface area contributed by atoms with E-state index in [4.69, 9.17) is 4.98 Å². The van der Waals surface area contributed by atoms with E-state index >= 15 is 0 Å². The zero-order valence-electron chi connectivity index (χ0n) is 21.6. The van der Waals surface area contributed by atoms with E-state index in [9.17, 15) is 14.4 Å². The number of aryl methyl sites for hydroxylation is 2. The minimum Gasteiger partial charge on any atom is -0.349 e. The molecular formula is C28H31N5O4. The predicted octanol–water partition coefficient (Wildman–Crippen LogP) is 3.58. The Labute approximate surface area is 214 Å². The topological polar surface area (TPSA) is 114 Å². The number of aromatic nitrogens is 4. The zero-order chi connectivity index (χ0) is 26.5. The van der Waals surface area contributed by atoms with E-state index in [-0.39, 0.29) is 17.9 Å². The van der Waals surface area contributed by atoms with Gasteiger partial charge in [0.2, 0.25) is 5.91 Å². The van der Waals surface area contributed by atoms with Crippen LogP contribution >= 0.6 is 0 Å². The van der Waals surface area contributed by atoms with Crippen molar-refractivity contribution in [3.05, 3.63) is 92.1 Å². The van der Waals surface area contributed by atoms with Gasteiger partial charge in [0.25, 0.3) is 5.56 Å². The van der Waals surface area contributed by atoms with Crippen molar-refractivity contribution in [1.82, 2.24) is 24.6 Å². The van der Waals surface area contributed by atoms with E-state index in [1.54, 1.807) is 25.6 Å². The Balaban J connectivity index is 1.68. The smallest absolute Gasteiger partial charge is 0.349 e. The van der Waals surface area contributed by atoms with Crippen molar-refractivity contribution < 1.29 is 9.32 Å². The lowest BCUT2D eigenvalue weighted by Gasteiger charge is -2.17. The molecule has 0 bridgehead atoms. The van der Waals surface area contributed by atoms with Gasteiger partial charge in [-0.05, 0) is 30.0 Å². The number of rotatable bonds is 9. The minimum atomic E-state index is -0.608. The predicted molar refractivity (Wildman–Crippen MR) is 141 cm³/mol. The molecule has 2 heterocycles. The van der Waals surface area contributed by atoms with Gasteiger partial charge in [0.1, 0.15) is 5.82 Å². The monoisotopic (exact) mass is 501 g/mol. The fourth-order valence-electron chi connectivity index (χ4n) is 4.22. The Kier molecular flexibility index (Phi) is 7.81. The highest BCUT2D eigenvalue weighted by Crippen LogP contribution is 2.30. The summed E-state index contributed by atoms with van der Waals surface area (Å²) in [4.78, 5) is 46.2. The number of unbranched alkanes of at least 4 members (excludes halogenated alkanes) is 1. The molecule has 192 valence electrons. The van der Waals surface area contributed by atoms with Gasteiger partial charge in [0, 0.05) is 37.3 Å². The van der Waals surface area contributed by atoms with E-state index in [0.717, 1.165) is 40.9 Å². The maximum absolute atomic E-state index is 13.5. The first-order valence-corrected chi connectivity index (χ1v) is 12.3. The summed E-state index contributed by atoms with van der Waals surface area (Å²) in [6.07, 6.45) is 2.62. The van der Waals surface area contributed by atoms with Crippen LogP contribution in [0.4, 0.5) is 0 Å². The molecule has 0 saturated heterocycles. The van der Waals surface area contributed by atoms with Gasteiger partial charge < -0.3 is 4.90 Å². The van der Waals surface area contributed by atoms with Crippen molar-refractivity contribution in [2.45, 2.75) is 46.1 Å². The lowest BCUT2D eigenvalue weighted by molar-refractivity contribution is -0.128. The molecule has 0 aliphatic heterocycles. The summed E-state index contributed by atoms with van der Waals surface area (Å²) in [5.41, 5.74) is 4.38. The van der Waals surface area contributed by atoms with Crippen molar-refractivity contribution in [1.29, 1.82) is 0 Å². The Bertz CT molecular complexity index is 1510. The highest BCUT2D eigenvalue weighted by molar-refractivity contribution is 5.80. The first-order valence-electron chi connectivity index (χ1n) is 12.3. The largest absolute Gasteiger partial charge is 0.439 e. The Hall–Kier alpha value is -4.27. The summed E-state index contributed by atoms with van der Waals surface area (Å²) in [5, 5.41) is 3.82.